The number of benzene rings is 1. The lowest BCUT2D eigenvalue weighted by Gasteiger charge is -2.35. The van der Waals surface area contributed by atoms with Crippen molar-refractivity contribution in [3.8, 4) is 0 Å². The van der Waals surface area contributed by atoms with E-state index in [1.54, 1.807) is 30.4 Å². The second-order valence-electron chi connectivity index (χ2n) is 6.43. The Kier molecular flexibility index (Phi) is 6.70. The second-order valence-corrected chi connectivity index (χ2v) is 6.43. The van der Waals surface area contributed by atoms with E-state index in [4.69, 9.17) is 5.11 Å². The fraction of sp³-hybridized carbons (Fsp3) is 0.227. The van der Waals surface area contributed by atoms with E-state index in [2.05, 4.69) is 22.0 Å². The van der Waals surface area contributed by atoms with Crippen molar-refractivity contribution in [3.05, 3.63) is 72.1 Å². The Bertz CT molecular complexity index is 870. The number of aliphatic hydroxyl groups is 1. The first kappa shape index (κ1) is 19.5. The van der Waals surface area contributed by atoms with Crippen LogP contribution in [-0.4, -0.2) is 59.5 Å². The summed E-state index contributed by atoms with van der Waals surface area (Å²) in [6.45, 7) is 2.44. The van der Waals surface area contributed by atoms with Gasteiger partial charge in [0.25, 0.3) is 0 Å². The zero-order chi connectivity index (χ0) is 19.8. The summed E-state index contributed by atoms with van der Waals surface area (Å²) in [5.74, 6) is -0.418. The van der Waals surface area contributed by atoms with Crippen LogP contribution in [0.25, 0.3) is 12.2 Å². The van der Waals surface area contributed by atoms with E-state index in [9.17, 15) is 9.59 Å². The average Bonchev–Trinajstić information content (AvgIpc) is 2.76. The van der Waals surface area contributed by atoms with E-state index in [0.29, 0.717) is 24.5 Å². The van der Waals surface area contributed by atoms with Gasteiger partial charge in [-0.25, -0.2) is 4.98 Å². The van der Waals surface area contributed by atoms with Crippen LogP contribution in [0.5, 0.6) is 0 Å². The van der Waals surface area contributed by atoms with Crippen molar-refractivity contribution in [1.29, 1.82) is 0 Å². The van der Waals surface area contributed by atoms with Gasteiger partial charge in [-0.15, -0.1) is 0 Å². The van der Waals surface area contributed by atoms with Gasteiger partial charge in [0.1, 0.15) is 6.61 Å². The van der Waals surface area contributed by atoms with Crippen LogP contribution < -0.4 is 4.90 Å². The smallest absolute Gasteiger partial charge is 0.246 e. The van der Waals surface area contributed by atoms with E-state index in [1.165, 1.54) is 17.8 Å². The van der Waals surface area contributed by atoms with Gasteiger partial charge in [0, 0.05) is 37.9 Å². The van der Waals surface area contributed by atoms with Crippen molar-refractivity contribution in [1.82, 2.24) is 9.88 Å². The van der Waals surface area contributed by atoms with Gasteiger partial charge in [-0.1, -0.05) is 24.3 Å². The predicted molar refractivity (Wildman–Crippen MR) is 110 cm³/mol. The monoisotopic (exact) mass is 377 g/mol. The fourth-order valence-corrected chi connectivity index (χ4v) is 2.97. The molecule has 3 rings (SSSR count). The molecule has 1 aromatic heterocycles. The zero-order valence-electron chi connectivity index (χ0n) is 15.6. The van der Waals surface area contributed by atoms with Crippen LogP contribution in [0.4, 0.5) is 5.69 Å². The van der Waals surface area contributed by atoms with Crippen molar-refractivity contribution < 1.29 is 14.7 Å². The molecule has 0 unspecified atom stereocenters. The molecular weight excluding hydrogens is 354 g/mol. The molecule has 2 aromatic rings. The quantitative estimate of drug-likeness (QED) is 0.780. The zero-order valence-corrected chi connectivity index (χ0v) is 15.6. The van der Waals surface area contributed by atoms with Crippen LogP contribution >= 0.6 is 0 Å². The number of anilines is 1. The minimum atomic E-state index is -0.526. The van der Waals surface area contributed by atoms with Crippen LogP contribution in [0.1, 0.15) is 11.4 Å². The predicted octanol–water partition coefficient (Wildman–Crippen LogP) is 2.02. The van der Waals surface area contributed by atoms with Gasteiger partial charge in [0.2, 0.25) is 5.91 Å². The number of carbonyl (C=O) groups excluding carboxylic acids is 2. The number of carbonyl (C=O) groups is 2. The molecule has 1 aromatic carbocycles. The first-order valence-corrected chi connectivity index (χ1v) is 9.21. The number of amides is 1. The van der Waals surface area contributed by atoms with E-state index in [0.717, 1.165) is 13.1 Å². The SMILES string of the molecule is O=C(/C=C/c1cccc(/C=C/C(=O)N2CCN(c3ccccc3)CC2)n1)CO. The molecule has 1 amide bonds. The average molecular weight is 377 g/mol. The Morgan fingerprint density at radius 2 is 1.54 bits per heavy atom. The summed E-state index contributed by atoms with van der Waals surface area (Å²) >= 11 is 0. The van der Waals surface area contributed by atoms with Gasteiger partial charge in [0.15, 0.2) is 5.78 Å². The van der Waals surface area contributed by atoms with Gasteiger partial charge in [-0.05, 0) is 42.5 Å². The Morgan fingerprint density at radius 1 is 0.893 bits per heavy atom. The maximum absolute atomic E-state index is 12.5. The molecule has 6 heteroatoms. The molecule has 1 aliphatic rings. The van der Waals surface area contributed by atoms with Crippen LogP contribution in [0.15, 0.2) is 60.7 Å². The third kappa shape index (κ3) is 5.37. The molecule has 1 N–H and O–H groups in total. The van der Waals surface area contributed by atoms with Crippen molar-refractivity contribution in [2.75, 3.05) is 37.7 Å². The maximum atomic E-state index is 12.5. The maximum Gasteiger partial charge on any atom is 0.246 e. The number of rotatable bonds is 6. The van der Waals surface area contributed by atoms with Crippen LogP contribution in [0.2, 0.25) is 0 Å². The number of aliphatic hydroxyl groups excluding tert-OH is 1. The minimum absolute atomic E-state index is 0.0362. The van der Waals surface area contributed by atoms with Gasteiger partial charge in [-0.3, -0.25) is 9.59 Å². The summed E-state index contributed by atoms with van der Waals surface area (Å²) < 4.78 is 0. The third-order valence-electron chi connectivity index (χ3n) is 4.50. The lowest BCUT2D eigenvalue weighted by atomic mass is 10.2. The molecule has 0 aliphatic carbocycles. The highest BCUT2D eigenvalue weighted by Gasteiger charge is 2.19. The third-order valence-corrected chi connectivity index (χ3v) is 4.50. The summed E-state index contributed by atoms with van der Waals surface area (Å²) in [6, 6.07) is 15.6. The number of hydrogen-bond acceptors (Lipinski definition) is 5. The lowest BCUT2D eigenvalue weighted by molar-refractivity contribution is -0.126. The normalized spacial score (nSPS) is 14.8. The number of piperazine rings is 1. The number of pyridine rings is 1. The number of hydrogen-bond donors (Lipinski definition) is 1. The molecule has 144 valence electrons. The fourth-order valence-electron chi connectivity index (χ4n) is 2.97. The Balaban J connectivity index is 1.56. The highest BCUT2D eigenvalue weighted by Crippen LogP contribution is 2.15. The summed E-state index contributed by atoms with van der Waals surface area (Å²) in [7, 11) is 0. The number of ketones is 1. The number of nitrogens with zero attached hydrogens (tertiary/aromatic N) is 3. The van der Waals surface area contributed by atoms with E-state index < -0.39 is 6.61 Å². The van der Waals surface area contributed by atoms with Gasteiger partial charge >= 0.3 is 0 Å². The Labute approximate surface area is 164 Å². The van der Waals surface area contributed by atoms with Gasteiger partial charge in [-0.2, -0.15) is 0 Å². The highest BCUT2D eigenvalue weighted by atomic mass is 16.3. The minimum Gasteiger partial charge on any atom is -0.388 e. The molecule has 2 heterocycles. The topological polar surface area (TPSA) is 73.7 Å². The van der Waals surface area contributed by atoms with Crippen molar-refractivity contribution in [2.45, 2.75) is 0 Å². The molecule has 1 fully saturated rings. The number of aromatic nitrogens is 1. The first-order chi connectivity index (χ1) is 13.7. The molecule has 0 radical (unpaired) electrons. The van der Waals surface area contributed by atoms with Gasteiger partial charge < -0.3 is 14.9 Å². The van der Waals surface area contributed by atoms with Crippen LogP contribution in [-0.2, 0) is 9.59 Å². The van der Waals surface area contributed by atoms with E-state index in [-0.39, 0.29) is 11.7 Å². The molecule has 28 heavy (non-hydrogen) atoms. The molecule has 0 spiro atoms. The molecule has 0 saturated carbocycles. The van der Waals surface area contributed by atoms with E-state index >= 15 is 0 Å². The summed E-state index contributed by atoms with van der Waals surface area (Å²) in [6.07, 6.45) is 6.04. The van der Waals surface area contributed by atoms with E-state index in [1.807, 2.05) is 23.1 Å². The lowest BCUT2D eigenvalue weighted by Crippen LogP contribution is -2.48. The summed E-state index contributed by atoms with van der Waals surface area (Å²) in [4.78, 5) is 32.1. The molecule has 1 saturated heterocycles. The highest BCUT2D eigenvalue weighted by molar-refractivity contribution is 5.94. The largest absolute Gasteiger partial charge is 0.388 e. The van der Waals surface area contributed by atoms with Crippen LogP contribution in [0.3, 0.4) is 0 Å². The van der Waals surface area contributed by atoms with Crippen LogP contribution in [0, 0.1) is 0 Å². The second kappa shape index (κ2) is 9.62. The summed E-state index contributed by atoms with van der Waals surface area (Å²) in [5, 5.41) is 8.74. The summed E-state index contributed by atoms with van der Waals surface area (Å²) in [5.41, 5.74) is 2.40. The van der Waals surface area contributed by atoms with Crippen molar-refractivity contribution in [2.24, 2.45) is 0 Å². The molecule has 6 nitrogen and oxygen atoms in total. The Morgan fingerprint density at radius 3 is 2.18 bits per heavy atom. The molecule has 0 atom stereocenters. The Hall–Kier alpha value is -3.25. The molecular formula is C22H23N3O3. The first-order valence-electron chi connectivity index (χ1n) is 9.21. The van der Waals surface area contributed by atoms with Crippen molar-refractivity contribution in [3.63, 3.8) is 0 Å². The van der Waals surface area contributed by atoms with Gasteiger partial charge in [0.05, 0.1) is 11.4 Å². The molecule has 1 aliphatic heterocycles. The number of para-hydroxylation sites is 1. The molecule has 0 bridgehead atoms. The van der Waals surface area contributed by atoms with Crippen molar-refractivity contribution >= 4 is 29.5 Å². The standard InChI is InChI=1S/C22H23N3O3/c26-17-21(27)11-9-18-5-4-6-19(23-18)10-12-22(28)25-15-13-24(14-16-25)20-7-2-1-3-8-20/h1-12,26H,13-17H2/b11-9+,12-10+.